The molecule has 0 saturated carbocycles. The van der Waals surface area contributed by atoms with Gasteiger partial charge in [-0.05, 0) is 26.7 Å². The van der Waals surface area contributed by atoms with E-state index in [9.17, 15) is 5.11 Å². The molecular formula is C13H17N5O3S. The minimum absolute atomic E-state index is 0.0854. The lowest BCUT2D eigenvalue weighted by Crippen LogP contribution is -2.44. The van der Waals surface area contributed by atoms with Gasteiger partial charge in [-0.1, -0.05) is 16.6 Å². The summed E-state index contributed by atoms with van der Waals surface area (Å²) in [5.74, 6) is 0. The van der Waals surface area contributed by atoms with E-state index in [0.29, 0.717) is 18.7 Å². The SMILES string of the molecule is Cc1nnc(C(C)n2cc(C3(O)CC[C@H]4CO[C@@H]3O4)nn2)s1. The van der Waals surface area contributed by atoms with Crippen LogP contribution in [0, 0.1) is 6.92 Å². The highest BCUT2D eigenvalue weighted by atomic mass is 32.1. The molecule has 4 heterocycles. The smallest absolute Gasteiger partial charge is 0.192 e. The number of aliphatic hydroxyl groups is 1. The molecule has 2 aromatic heterocycles. The summed E-state index contributed by atoms with van der Waals surface area (Å²) in [4.78, 5) is 0. The summed E-state index contributed by atoms with van der Waals surface area (Å²) in [7, 11) is 0. The van der Waals surface area contributed by atoms with Crippen molar-refractivity contribution >= 4 is 11.3 Å². The zero-order valence-corrected chi connectivity index (χ0v) is 13.2. The van der Waals surface area contributed by atoms with Crippen molar-refractivity contribution in [2.75, 3.05) is 6.61 Å². The van der Waals surface area contributed by atoms with Crippen LogP contribution in [0.1, 0.15) is 41.5 Å². The van der Waals surface area contributed by atoms with E-state index in [0.717, 1.165) is 16.4 Å². The second-order valence-electron chi connectivity index (χ2n) is 5.81. The Morgan fingerprint density at radius 1 is 1.45 bits per heavy atom. The van der Waals surface area contributed by atoms with Crippen LogP contribution in [0.15, 0.2) is 6.20 Å². The van der Waals surface area contributed by atoms with Gasteiger partial charge in [0.2, 0.25) is 0 Å². The number of hydrogen-bond donors (Lipinski definition) is 1. The fourth-order valence-corrected chi connectivity index (χ4v) is 3.60. The van der Waals surface area contributed by atoms with E-state index >= 15 is 0 Å². The second-order valence-corrected chi connectivity index (χ2v) is 7.02. The molecule has 22 heavy (non-hydrogen) atoms. The fourth-order valence-electron chi connectivity index (χ4n) is 2.86. The Balaban J connectivity index is 1.61. The van der Waals surface area contributed by atoms with Crippen molar-refractivity contribution in [1.29, 1.82) is 0 Å². The first-order valence-corrected chi connectivity index (χ1v) is 8.09. The van der Waals surface area contributed by atoms with E-state index in [2.05, 4.69) is 20.5 Å². The van der Waals surface area contributed by atoms with Gasteiger partial charge in [-0.3, -0.25) is 0 Å². The highest BCUT2D eigenvalue weighted by Crippen LogP contribution is 2.41. The molecule has 0 aromatic carbocycles. The highest BCUT2D eigenvalue weighted by Gasteiger charge is 2.51. The topological polar surface area (TPSA) is 95.2 Å². The van der Waals surface area contributed by atoms with Gasteiger partial charge in [-0.25, -0.2) is 4.68 Å². The van der Waals surface area contributed by atoms with E-state index in [1.54, 1.807) is 10.9 Å². The standard InChI is InChI=1S/C13H17N5O3S/c1-7(11-16-14-8(2)22-11)18-5-10(15-17-18)13(19)4-3-9-6-20-12(13)21-9/h5,7,9,12,19H,3-4,6H2,1-2H3/t7?,9-,12+,13?/m0/s1. The zero-order valence-electron chi connectivity index (χ0n) is 12.3. The van der Waals surface area contributed by atoms with E-state index in [4.69, 9.17) is 9.47 Å². The fraction of sp³-hybridized carbons (Fsp3) is 0.692. The Kier molecular flexibility index (Phi) is 3.26. The summed E-state index contributed by atoms with van der Waals surface area (Å²) in [6.45, 7) is 4.42. The second kappa shape index (κ2) is 5.05. The highest BCUT2D eigenvalue weighted by molar-refractivity contribution is 7.11. The van der Waals surface area contributed by atoms with Crippen molar-refractivity contribution in [3.05, 3.63) is 21.9 Å². The van der Waals surface area contributed by atoms with Crippen molar-refractivity contribution in [2.24, 2.45) is 0 Å². The molecule has 9 heteroatoms. The number of rotatable bonds is 3. The van der Waals surface area contributed by atoms with Gasteiger partial charge >= 0.3 is 0 Å². The molecule has 2 fully saturated rings. The predicted molar refractivity (Wildman–Crippen MR) is 76.2 cm³/mol. The van der Waals surface area contributed by atoms with Gasteiger partial charge in [0, 0.05) is 0 Å². The number of aryl methyl sites for hydroxylation is 1. The predicted octanol–water partition coefficient (Wildman–Crippen LogP) is 0.770. The summed E-state index contributed by atoms with van der Waals surface area (Å²) >= 11 is 1.52. The van der Waals surface area contributed by atoms with Gasteiger partial charge in [-0.15, -0.1) is 15.3 Å². The van der Waals surface area contributed by atoms with Crippen LogP contribution in [0.3, 0.4) is 0 Å². The summed E-state index contributed by atoms with van der Waals surface area (Å²) < 4.78 is 12.9. The van der Waals surface area contributed by atoms with Gasteiger partial charge in [0.05, 0.1) is 18.9 Å². The number of ether oxygens (including phenoxy) is 2. The lowest BCUT2D eigenvalue weighted by atomic mass is 9.90. The summed E-state index contributed by atoms with van der Waals surface area (Å²) in [6, 6.07) is -0.0854. The molecule has 2 bridgehead atoms. The summed E-state index contributed by atoms with van der Waals surface area (Å²) in [6.07, 6.45) is 2.49. The molecular weight excluding hydrogens is 306 g/mol. The average molecular weight is 323 g/mol. The van der Waals surface area contributed by atoms with Crippen LogP contribution >= 0.6 is 11.3 Å². The minimum atomic E-state index is -1.23. The zero-order chi connectivity index (χ0) is 15.3. The average Bonchev–Trinajstić information content (AvgIpc) is 3.23. The van der Waals surface area contributed by atoms with Crippen LogP contribution in [0.25, 0.3) is 0 Å². The molecule has 0 aliphatic carbocycles. The quantitative estimate of drug-likeness (QED) is 0.891. The van der Waals surface area contributed by atoms with Crippen molar-refractivity contribution in [3.63, 3.8) is 0 Å². The van der Waals surface area contributed by atoms with E-state index in [-0.39, 0.29) is 12.1 Å². The van der Waals surface area contributed by atoms with Crippen LogP contribution in [0.4, 0.5) is 0 Å². The Morgan fingerprint density at radius 2 is 2.32 bits per heavy atom. The molecule has 4 atom stereocenters. The largest absolute Gasteiger partial charge is 0.378 e. The minimum Gasteiger partial charge on any atom is -0.378 e. The Hall–Kier alpha value is -1.42. The van der Waals surface area contributed by atoms with E-state index in [1.165, 1.54) is 11.3 Å². The first-order chi connectivity index (χ1) is 10.6. The molecule has 0 spiro atoms. The Labute approximate surface area is 131 Å². The molecule has 118 valence electrons. The molecule has 2 aromatic rings. The van der Waals surface area contributed by atoms with Gasteiger partial charge in [0.25, 0.3) is 0 Å². The maximum Gasteiger partial charge on any atom is 0.192 e. The van der Waals surface area contributed by atoms with Gasteiger partial charge in [0.1, 0.15) is 21.8 Å². The normalized spacial score (nSPS) is 32.3. The van der Waals surface area contributed by atoms with Crippen molar-refractivity contribution < 1.29 is 14.6 Å². The lowest BCUT2D eigenvalue weighted by molar-refractivity contribution is -0.219. The molecule has 0 amide bonds. The molecule has 4 rings (SSSR count). The lowest BCUT2D eigenvalue weighted by Gasteiger charge is -2.34. The van der Waals surface area contributed by atoms with Crippen LogP contribution in [-0.2, 0) is 15.1 Å². The molecule has 0 radical (unpaired) electrons. The van der Waals surface area contributed by atoms with Crippen LogP contribution < -0.4 is 0 Å². The van der Waals surface area contributed by atoms with Gasteiger partial charge in [-0.2, -0.15) is 0 Å². The molecule has 1 N–H and O–H groups in total. The molecule has 2 aliphatic heterocycles. The van der Waals surface area contributed by atoms with Crippen LogP contribution in [-0.4, -0.2) is 49.3 Å². The number of nitrogens with zero attached hydrogens (tertiary/aromatic N) is 5. The van der Waals surface area contributed by atoms with Gasteiger partial charge < -0.3 is 14.6 Å². The van der Waals surface area contributed by atoms with E-state index < -0.39 is 11.9 Å². The third-order valence-electron chi connectivity index (χ3n) is 4.24. The summed E-state index contributed by atoms with van der Waals surface area (Å²) in [5.41, 5.74) is -0.756. The van der Waals surface area contributed by atoms with Crippen LogP contribution in [0.2, 0.25) is 0 Å². The molecule has 2 aliphatic rings. The van der Waals surface area contributed by atoms with Crippen LogP contribution in [0.5, 0.6) is 0 Å². The first kappa shape index (κ1) is 14.2. The molecule has 8 nitrogen and oxygen atoms in total. The third kappa shape index (κ3) is 2.16. The third-order valence-corrected chi connectivity index (χ3v) is 5.25. The Morgan fingerprint density at radius 3 is 3.09 bits per heavy atom. The summed E-state index contributed by atoms with van der Waals surface area (Å²) in [5, 5.41) is 29.1. The van der Waals surface area contributed by atoms with Crippen molar-refractivity contribution in [1.82, 2.24) is 25.2 Å². The van der Waals surface area contributed by atoms with Gasteiger partial charge in [0.15, 0.2) is 11.9 Å². The number of fused-ring (bicyclic) bond motifs is 2. The maximum atomic E-state index is 10.9. The maximum absolute atomic E-state index is 10.9. The first-order valence-electron chi connectivity index (χ1n) is 7.28. The monoisotopic (exact) mass is 323 g/mol. The molecule has 2 unspecified atom stereocenters. The number of aromatic nitrogens is 5. The van der Waals surface area contributed by atoms with E-state index in [1.807, 2.05) is 13.8 Å². The molecule has 2 saturated heterocycles. The number of hydrogen-bond acceptors (Lipinski definition) is 8. The van der Waals surface area contributed by atoms with Crippen molar-refractivity contribution in [2.45, 2.75) is 50.7 Å². The van der Waals surface area contributed by atoms with Crippen molar-refractivity contribution in [3.8, 4) is 0 Å². The Bertz CT molecular complexity index is 689.